The molecule has 2 saturated heterocycles. The van der Waals surface area contributed by atoms with Gasteiger partial charge in [-0.2, -0.15) is 0 Å². The van der Waals surface area contributed by atoms with Gasteiger partial charge in [0.05, 0.1) is 11.8 Å². The molecular weight excluding hydrogens is 344 g/mol. The van der Waals surface area contributed by atoms with E-state index in [1.807, 2.05) is 31.2 Å². The molecule has 2 fully saturated rings. The second-order valence-corrected chi connectivity index (χ2v) is 6.50. The van der Waals surface area contributed by atoms with Gasteiger partial charge in [-0.1, -0.05) is 25.1 Å². The Balaban J connectivity index is 0.00000225. The van der Waals surface area contributed by atoms with Crippen molar-refractivity contribution in [3.63, 3.8) is 0 Å². The van der Waals surface area contributed by atoms with Gasteiger partial charge in [0.25, 0.3) is 0 Å². The summed E-state index contributed by atoms with van der Waals surface area (Å²) in [5, 5.41) is 9.07. The SMILES string of the molecule is CCc1ccccc1N1CC(C(=O)N2CCC(C(=O)O)C2)CC1=O.Cl. The van der Waals surface area contributed by atoms with Crippen molar-refractivity contribution in [3.8, 4) is 0 Å². The summed E-state index contributed by atoms with van der Waals surface area (Å²) in [7, 11) is 0. The lowest BCUT2D eigenvalue weighted by molar-refractivity contribution is -0.141. The summed E-state index contributed by atoms with van der Waals surface area (Å²) < 4.78 is 0. The highest BCUT2D eigenvalue weighted by molar-refractivity contribution is 6.01. The standard InChI is InChI=1S/C18H22N2O4.ClH/c1-2-12-5-3-4-6-15(12)20-11-14(9-16(20)21)17(22)19-8-7-13(10-19)18(23)24;/h3-6,13-14H,2,7-11H2,1H3,(H,23,24);1H. The van der Waals surface area contributed by atoms with Crippen LogP contribution in [-0.2, 0) is 20.8 Å². The molecule has 136 valence electrons. The fourth-order valence-electron chi connectivity index (χ4n) is 3.60. The molecule has 3 rings (SSSR count). The van der Waals surface area contributed by atoms with E-state index in [4.69, 9.17) is 5.11 Å². The van der Waals surface area contributed by atoms with Gasteiger partial charge in [-0.05, 0) is 24.5 Å². The maximum atomic E-state index is 12.6. The Hall–Kier alpha value is -2.08. The van der Waals surface area contributed by atoms with Crippen LogP contribution in [0, 0.1) is 11.8 Å². The predicted octanol–water partition coefficient (Wildman–Crippen LogP) is 1.96. The maximum Gasteiger partial charge on any atom is 0.308 e. The van der Waals surface area contributed by atoms with Crippen LogP contribution in [0.3, 0.4) is 0 Å². The van der Waals surface area contributed by atoms with Crippen molar-refractivity contribution in [3.05, 3.63) is 29.8 Å². The van der Waals surface area contributed by atoms with Crippen molar-refractivity contribution in [1.29, 1.82) is 0 Å². The summed E-state index contributed by atoms with van der Waals surface area (Å²) in [5.41, 5.74) is 1.97. The fourth-order valence-corrected chi connectivity index (χ4v) is 3.60. The monoisotopic (exact) mass is 366 g/mol. The van der Waals surface area contributed by atoms with Gasteiger partial charge in [-0.15, -0.1) is 12.4 Å². The fraction of sp³-hybridized carbons (Fsp3) is 0.500. The molecular formula is C18H23ClN2O4. The summed E-state index contributed by atoms with van der Waals surface area (Å²) in [6, 6.07) is 7.76. The number of nitrogens with zero attached hydrogens (tertiary/aromatic N) is 2. The number of amides is 2. The highest BCUT2D eigenvalue weighted by atomic mass is 35.5. The van der Waals surface area contributed by atoms with Gasteiger partial charge in [0.2, 0.25) is 11.8 Å². The molecule has 0 aliphatic carbocycles. The van der Waals surface area contributed by atoms with Crippen LogP contribution in [0.5, 0.6) is 0 Å². The van der Waals surface area contributed by atoms with E-state index in [9.17, 15) is 14.4 Å². The van der Waals surface area contributed by atoms with E-state index in [-0.39, 0.29) is 43.1 Å². The molecule has 2 aliphatic rings. The topological polar surface area (TPSA) is 77.9 Å². The summed E-state index contributed by atoms with van der Waals surface area (Å²) in [6.45, 7) is 3.14. The minimum atomic E-state index is -0.855. The number of aryl methyl sites for hydroxylation is 1. The number of benzene rings is 1. The molecule has 2 aliphatic heterocycles. The normalized spacial score (nSPS) is 22.8. The van der Waals surface area contributed by atoms with E-state index < -0.39 is 11.9 Å². The first-order valence-corrected chi connectivity index (χ1v) is 8.41. The zero-order chi connectivity index (χ0) is 17.3. The Kier molecular flexibility index (Phi) is 6.06. The number of carbonyl (C=O) groups is 3. The largest absolute Gasteiger partial charge is 0.481 e. The molecule has 2 unspecified atom stereocenters. The summed E-state index contributed by atoms with van der Waals surface area (Å²) in [5.74, 6) is -1.85. The van der Waals surface area contributed by atoms with Crippen molar-refractivity contribution < 1.29 is 19.5 Å². The van der Waals surface area contributed by atoms with Crippen LogP contribution >= 0.6 is 12.4 Å². The number of aliphatic carboxylic acids is 1. The zero-order valence-electron chi connectivity index (χ0n) is 14.2. The van der Waals surface area contributed by atoms with Crippen molar-refractivity contribution in [1.82, 2.24) is 4.90 Å². The first-order valence-electron chi connectivity index (χ1n) is 8.41. The van der Waals surface area contributed by atoms with Crippen molar-refractivity contribution >= 4 is 35.9 Å². The minimum absolute atomic E-state index is 0. The predicted molar refractivity (Wildman–Crippen MR) is 95.9 cm³/mol. The van der Waals surface area contributed by atoms with Crippen LogP contribution < -0.4 is 4.90 Å². The van der Waals surface area contributed by atoms with E-state index in [1.165, 1.54) is 0 Å². The van der Waals surface area contributed by atoms with Gasteiger partial charge in [0.15, 0.2) is 0 Å². The Morgan fingerprint density at radius 2 is 1.92 bits per heavy atom. The number of halogens is 1. The van der Waals surface area contributed by atoms with Gasteiger partial charge in [0.1, 0.15) is 0 Å². The lowest BCUT2D eigenvalue weighted by atomic mass is 10.1. The van der Waals surface area contributed by atoms with E-state index in [1.54, 1.807) is 9.80 Å². The van der Waals surface area contributed by atoms with Gasteiger partial charge >= 0.3 is 5.97 Å². The first-order chi connectivity index (χ1) is 11.5. The number of rotatable bonds is 4. The molecule has 25 heavy (non-hydrogen) atoms. The lowest BCUT2D eigenvalue weighted by Crippen LogP contribution is -2.36. The second-order valence-electron chi connectivity index (χ2n) is 6.50. The molecule has 0 aromatic heterocycles. The number of hydrogen-bond donors (Lipinski definition) is 1. The van der Waals surface area contributed by atoms with Crippen LogP contribution in [0.2, 0.25) is 0 Å². The molecule has 7 heteroatoms. The van der Waals surface area contributed by atoms with Crippen molar-refractivity contribution in [2.75, 3.05) is 24.5 Å². The first kappa shape index (κ1) is 19.2. The summed E-state index contributed by atoms with van der Waals surface area (Å²) in [6.07, 6.45) is 1.51. The van der Waals surface area contributed by atoms with Crippen molar-refractivity contribution in [2.45, 2.75) is 26.2 Å². The second kappa shape index (κ2) is 7.87. The smallest absolute Gasteiger partial charge is 0.308 e. The van der Waals surface area contributed by atoms with E-state index in [2.05, 4.69) is 0 Å². The molecule has 0 bridgehead atoms. The molecule has 2 atom stereocenters. The summed E-state index contributed by atoms with van der Waals surface area (Å²) in [4.78, 5) is 39.4. The molecule has 2 amide bonds. The number of hydrogen-bond acceptors (Lipinski definition) is 3. The Morgan fingerprint density at radius 3 is 2.56 bits per heavy atom. The Labute approximate surface area is 153 Å². The Morgan fingerprint density at radius 1 is 1.20 bits per heavy atom. The van der Waals surface area contributed by atoms with E-state index >= 15 is 0 Å². The maximum absolute atomic E-state index is 12.6. The molecule has 0 spiro atoms. The minimum Gasteiger partial charge on any atom is -0.481 e. The third-order valence-electron chi connectivity index (χ3n) is 4.99. The molecule has 2 heterocycles. The number of anilines is 1. The highest BCUT2D eigenvalue weighted by Gasteiger charge is 2.40. The van der Waals surface area contributed by atoms with Crippen molar-refractivity contribution in [2.24, 2.45) is 11.8 Å². The number of likely N-dealkylation sites (tertiary alicyclic amines) is 1. The molecule has 0 radical (unpaired) electrons. The molecule has 6 nitrogen and oxygen atoms in total. The third-order valence-corrected chi connectivity index (χ3v) is 4.99. The zero-order valence-corrected chi connectivity index (χ0v) is 15.0. The number of carboxylic acid groups (broad SMARTS) is 1. The molecule has 0 saturated carbocycles. The van der Waals surface area contributed by atoms with Crippen LogP contribution in [0.25, 0.3) is 0 Å². The van der Waals surface area contributed by atoms with Crippen LogP contribution in [0.1, 0.15) is 25.3 Å². The Bertz CT molecular complexity index is 679. The number of carbonyl (C=O) groups excluding carboxylic acids is 2. The van der Waals surface area contributed by atoms with Gasteiger partial charge in [-0.25, -0.2) is 0 Å². The number of carboxylic acids is 1. The molecule has 1 N–H and O–H groups in total. The average Bonchev–Trinajstić information content (AvgIpc) is 3.21. The average molecular weight is 367 g/mol. The summed E-state index contributed by atoms with van der Waals surface area (Å²) >= 11 is 0. The van der Waals surface area contributed by atoms with E-state index in [0.717, 1.165) is 17.7 Å². The van der Waals surface area contributed by atoms with Crippen LogP contribution in [0.4, 0.5) is 5.69 Å². The third kappa shape index (κ3) is 3.79. The van der Waals surface area contributed by atoms with Crippen LogP contribution in [-0.4, -0.2) is 47.4 Å². The molecule has 1 aromatic carbocycles. The number of para-hydroxylation sites is 1. The van der Waals surface area contributed by atoms with Gasteiger partial charge in [0, 0.05) is 31.7 Å². The van der Waals surface area contributed by atoms with Gasteiger partial charge < -0.3 is 14.9 Å². The quantitative estimate of drug-likeness (QED) is 0.883. The molecule has 1 aromatic rings. The van der Waals surface area contributed by atoms with E-state index in [0.29, 0.717) is 19.5 Å². The van der Waals surface area contributed by atoms with Gasteiger partial charge in [-0.3, -0.25) is 14.4 Å². The van der Waals surface area contributed by atoms with Crippen LogP contribution in [0.15, 0.2) is 24.3 Å². The highest BCUT2D eigenvalue weighted by Crippen LogP contribution is 2.30. The lowest BCUT2D eigenvalue weighted by Gasteiger charge is -2.22.